The Bertz CT molecular complexity index is 940. The van der Waals surface area contributed by atoms with Crippen molar-refractivity contribution in [1.82, 2.24) is 0 Å². The van der Waals surface area contributed by atoms with Crippen molar-refractivity contribution in [2.45, 2.75) is 56.4 Å². The fraction of sp³-hybridized carbons (Fsp3) is 0.368. The van der Waals surface area contributed by atoms with E-state index in [9.17, 15) is 13.5 Å². The van der Waals surface area contributed by atoms with Crippen LogP contribution in [0.1, 0.15) is 36.1 Å². The Kier molecular flexibility index (Phi) is 3.68. The number of ether oxygens (including phenoxy) is 1. The molecule has 0 aromatic heterocycles. The third kappa shape index (κ3) is 2.38. The number of benzene rings is 2. The molecule has 2 aromatic carbocycles. The van der Waals surface area contributed by atoms with Gasteiger partial charge in [-0.05, 0) is 63.4 Å². The maximum absolute atomic E-state index is 13.2. The summed E-state index contributed by atoms with van der Waals surface area (Å²) in [6, 6.07) is 6.05. The maximum atomic E-state index is 13.2. The van der Waals surface area contributed by atoms with E-state index in [1.807, 2.05) is 27.7 Å². The number of rotatable bonds is 2. The monoisotopic (exact) mass is 346 g/mol. The lowest BCUT2D eigenvalue weighted by atomic mass is 9.94. The molecule has 1 aliphatic rings. The normalized spacial score (nSPS) is 15.9. The van der Waals surface area contributed by atoms with Crippen LogP contribution in [-0.4, -0.2) is 19.1 Å². The van der Waals surface area contributed by atoms with Gasteiger partial charge in [0.05, 0.1) is 4.90 Å². The van der Waals surface area contributed by atoms with Gasteiger partial charge in [-0.2, -0.15) is 0 Å². The highest BCUT2D eigenvalue weighted by Crippen LogP contribution is 2.45. The molecule has 0 bridgehead atoms. The Labute approximate surface area is 143 Å². The predicted molar refractivity (Wildman–Crippen MR) is 92.6 cm³/mol. The molecule has 0 amide bonds. The lowest BCUT2D eigenvalue weighted by molar-refractivity contribution is 0.137. The van der Waals surface area contributed by atoms with Crippen LogP contribution in [0.3, 0.4) is 0 Å². The Balaban J connectivity index is 2.32. The third-order valence-electron chi connectivity index (χ3n) is 4.72. The average Bonchev–Trinajstić information content (AvgIpc) is 2.81. The van der Waals surface area contributed by atoms with Crippen molar-refractivity contribution in [2.24, 2.45) is 0 Å². The van der Waals surface area contributed by atoms with Crippen LogP contribution in [-0.2, 0) is 16.3 Å². The molecule has 24 heavy (non-hydrogen) atoms. The zero-order chi connectivity index (χ0) is 17.9. The van der Waals surface area contributed by atoms with Crippen molar-refractivity contribution < 1.29 is 18.3 Å². The number of fused-ring (bicyclic) bond motifs is 1. The molecule has 1 N–H and O–H groups in total. The van der Waals surface area contributed by atoms with Crippen LogP contribution in [0, 0.1) is 20.8 Å². The van der Waals surface area contributed by atoms with E-state index >= 15 is 0 Å². The zero-order valence-electron chi connectivity index (χ0n) is 14.6. The second-order valence-corrected chi connectivity index (χ2v) is 8.88. The number of hydrogen-bond donors (Lipinski definition) is 1. The molecule has 3 rings (SSSR count). The molecule has 128 valence electrons. The van der Waals surface area contributed by atoms with Crippen molar-refractivity contribution in [2.75, 3.05) is 0 Å². The average molecular weight is 346 g/mol. The van der Waals surface area contributed by atoms with Gasteiger partial charge in [0, 0.05) is 12.0 Å². The highest BCUT2D eigenvalue weighted by atomic mass is 32.2. The van der Waals surface area contributed by atoms with E-state index in [0.29, 0.717) is 17.5 Å². The molecule has 0 saturated carbocycles. The molecule has 0 aliphatic carbocycles. The number of sulfone groups is 1. The van der Waals surface area contributed by atoms with Gasteiger partial charge >= 0.3 is 0 Å². The van der Waals surface area contributed by atoms with Crippen LogP contribution in [0.4, 0.5) is 0 Å². The summed E-state index contributed by atoms with van der Waals surface area (Å²) in [7, 11) is -3.82. The Morgan fingerprint density at radius 1 is 1.04 bits per heavy atom. The number of para-hydroxylation sites is 1. The Hall–Kier alpha value is -2.01. The first-order valence-corrected chi connectivity index (χ1v) is 9.39. The first-order valence-electron chi connectivity index (χ1n) is 7.91. The molecule has 0 fully saturated rings. The van der Waals surface area contributed by atoms with Gasteiger partial charge in [-0.15, -0.1) is 0 Å². The summed E-state index contributed by atoms with van der Waals surface area (Å²) < 4.78 is 32.5. The van der Waals surface area contributed by atoms with E-state index in [1.54, 1.807) is 19.1 Å². The first kappa shape index (κ1) is 16.8. The van der Waals surface area contributed by atoms with Gasteiger partial charge in [-0.3, -0.25) is 0 Å². The second kappa shape index (κ2) is 5.24. The van der Waals surface area contributed by atoms with Gasteiger partial charge in [0.1, 0.15) is 22.0 Å². The fourth-order valence-corrected chi connectivity index (χ4v) is 5.35. The van der Waals surface area contributed by atoms with E-state index in [1.165, 1.54) is 12.1 Å². The van der Waals surface area contributed by atoms with Crippen molar-refractivity contribution in [1.29, 1.82) is 0 Å². The molecule has 1 aliphatic heterocycles. The molecule has 0 unspecified atom stereocenters. The molecule has 4 nitrogen and oxygen atoms in total. The fourth-order valence-electron chi connectivity index (χ4n) is 3.44. The maximum Gasteiger partial charge on any atom is 0.210 e. The van der Waals surface area contributed by atoms with E-state index in [4.69, 9.17) is 4.74 Å². The molecule has 0 atom stereocenters. The predicted octanol–water partition coefficient (Wildman–Crippen LogP) is 3.86. The van der Waals surface area contributed by atoms with Gasteiger partial charge in [0.2, 0.25) is 9.84 Å². The van der Waals surface area contributed by atoms with Crippen LogP contribution < -0.4 is 4.74 Å². The van der Waals surface area contributed by atoms with E-state index in [0.717, 1.165) is 16.9 Å². The lowest BCUT2D eigenvalue weighted by Gasteiger charge is -2.19. The van der Waals surface area contributed by atoms with Gasteiger partial charge in [0.15, 0.2) is 0 Å². The van der Waals surface area contributed by atoms with Crippen molar-refractivity contribution in [3.05, 3.63) is 46.5 Å². The molecular formula is C19H22O4S. The topological polar surface area (TPSA) is 63.6 Å². The van der Waals surface area contributed by atoms with Gasteiger partial charge < -0.3 is 9.84 Å². The van der Waals surface area contributed by atoms with Crippen molar-refractivity contribution in [3.63, 3.8) is 0 Å². The minimum atomic E-state index is -3.82. The molecule has 0 spiro atoms. The Morgan fingerprint density at radius 2 is 1.67 bits per heavy atom. The van der Waals surface area contributed by atoms with Crippen LogP contribution in [0.2, 0.25) is 0 Å². The largest absolute Gasteiger partial charge is 0.507 e. The summed E-state index contributed by atoms with van der Waals surface area (Å²) in [4.78, 5) is 0.218. The molecule has 0 saturated heterocycles. The summed E-state index contributed by atoms with van der Waals surface area (Å²) in [5.41, 5.74) is 2.82. The summed E-state index contributed by atoms with van der Waals surface area (Å²) in [5.74, 6) is 0.567. The molecule has 5 heteroatoms. The van der Waals surface area contributed by atoms with Crippen LogP contribution >= 0.6 is 0 Å². The van der Waals surface area contributed by atoms with Gasteiger partial charge in [0.25, 0.3) is 0 Å². The van der Waals surface area contributed by atoms with Gasteiger partial charge in [-0.25, -0.2) is 8.42 Å². The lowest BCUT2D eigenvalue weighted by Crippen LogP contribution is -2.24. The van der Waals surface area contributed by atoms with E-state index < -0.39 is 9.84 Å². The van der Waals surface area contributed by atoms with E-state index in [2.05, 4.69) is 0 Å². The molecule has 1 heterocycles. The first-order chi connectivity index (χ1) is 11.1. The SMILES string of the molecule is Cc1c(C)c(S(=O)(=O)c2ccccc2O)c(C)c2c1OC(C)(C)C2. The smallest absolute Gasteiger partial charge is 0.210 e. The van der Waals surface area contributed by atoms with Crippen LogP contribution in [0.5, 0.6) is 11.5 Å². The summed E-state index contributed by atoms with van der Waals surface area (Å²) in [6.45, 7) is 9.50. The minimum absolute atomic E-state index is 0.0614. The van der Waals surface area contributed by atoms with Crippen LogP contribution in [0.25, 0.3) is 0 Å². The van der Waals surface area contributed by atoms with E-state index in [-0.39, 0.29) is 21.1 Å². The Morgan fingerprint density at radius 3 is 2.29 bits per heavy atom. The zero-order valence-corrected chi connectivity index (χ0v) is 15.4. The molecule has 0 radical (unpaired) electrons. The molecule has 2 aromatic rings. The highest BCUT2D eigenvalue weighted by molar-refractivity contribution is 7.91. The van der Waals surface area contributed by atoms with Crippen LogP contribution in [0.15, 0.2) is 34.1 Å². The summed E-state index contributed by atoms with van der Waals surface area (Å²) >= 11 is 0. The molecular weight excluding hydrogens is 324 g/mol. The number of phenolic OH excluding ortho intramolecular Hbond substituents is 1. The van der Waals surface area contributed by atoms with Gasteiger partial charge in [-0.1, -0.05) is 12.1 Å². The number of phenols is 1. The van der Waals surface area contributed by atoms with Crippen molar-refractivity contribution >= 4 is 9.84 Å². The second-order valence-electron chi connectivity index (χ2n) is 7.02. The summed E-state index contributed by atoms with van der Waals surface area (Å²) in [5, 5.41) is 10.0. The highest BCUT2D eigenvalue weighted by Gasteiger charge is 2.37. The number of hydrogen-bond acceptors (Lipinski definition) is 4. The summed E-state index contributed by atoms with van der Waals surface area (Å²) in [6.07, 6.45) is 0.665. The number of aromatic hydroxyl groups is 1. The quantitative estimate of drug-likeness (QED) is 0.897. The standard InChI is InChI=1S/C19H22O4S/c1-11-12(2)18(13(3)14-10-19(4,5)23-17(11)14)24(21,22)16-9-7-6-8-15(16)20/h6-9,20H,10H2,1-5H3. The minimum Gasteiger partial charge on any atom is -0.507 e. The third-order valence-corrected chi connectivity index (χ3v) is 6.79. The van der Waals surface area contributed by atoms with Crippen molar-refractivity contribution in [3.8, 4) is 11.5 Å².